The van der Waals surface area contributed by atoms with Crippen LogP contribution in [0.2, 0.25) is 0 Å². The summed E-state index contributed by atoms with van der Waals surface area (Å²) < 4.78 is 45.9. The number of hydrogen-bond acceptors (Lipinski definition) is 4. The van der Waals surface area contributed by atoms with Gasteiger partial charge >= 0.3 is 6.36 Å². The minimum Gasteiger partial charge on any atom is -0.508 e. The summed E-state index contributed by atoms with van der Waals surface area (Å²) in [6.45, 7) is 2.60. The summed E-state index contributed by atoms with van der Waals surface area (Å²) in [5.74, 6) is 1.30. The Morgan fingerprint density at radius 2 is 1.52 bits per heavy atom. The molecule has 0 aliphatic carbocycles. The molecule has 7 heteroatoms. The summed E-state index contributed by atoms with van der Waals surface area (Å²) in [5, 5.41) is 9.39. The first-order valence-corrected chi connectivity index (χ1v) is 9.92. The molecule has 0 atom stereocenters. The standard InChI is InChI=1S/C22H26F3NO3/c23-22(24,25)29-21-10-8-20(9-11-21)28-16-2-1-3-17-12-14-26(15-13-17)18-4-6-19(27)7-5-18/h4-11,17,27H,1-3,12-16H2. The van der Waals surface area contributed by atoms with Gasteiger partial charge in [-0.1, -0.05) is 6.42 Å². The van der Waals surface area contributed by atoms with Crippen LogP contribution < -0.4 is 14.4 Å². The van der Waals surface area contributed by atoms with Crippen molar-refractivity contribution in [1.82, 2.24) is 0 Å². The van der Waals surface area contributed by atoms with Crippen LogP contribution in [0.3, 0.4) is 0 Å². The maximum absolute atomic E-state index is 12.1. The summed E-state index contributed by atoms with van der Waals surface area (Å²) >= 11 is 0. The number of rotatable bonds is 8. The largest absolute Gasteiger partial charge is 0.573 e. The zero-order valence-corrected chi connectivity index (χ0v) is 16.2. The number of benzene rings is 2. The number of piperidine rings is 1. The maximum Gasteiger partial charge on any atom is 0.573 e. The summed E-state index contributed by atoms with van der Waals surface area (Å²) in [6.07, 6.45) is 0.774. The number of aromatic hydroxyl groups is 1. The summed E-state index contributed by atoms with van der Waals surface area (Å²) in [6, 6.07) is 12.8. The molecule has 0 spiro atoms. The summed E-state index contributed by atoms with van der Waals surface area (Å²) in [4.78, 5) is 2.35. The molecule has 1 aliphatic rings. The number of hydrogen-bond donors (Lipinski definition) is 1. The summed E-state index contributed by atoms with van der Waals surface area (Å²) in [7, 11) is 0. The van der Waals surface area contributed by atoms with Gasteiger partial charge in [0.25, 0.3) is 0 Å². The Hall–Kier alpha value is -2.57. The molecule has 158 valence electrons. The maximum atomic E-state index is 12.1. The van der Waals surface area contributed by atoms with Crippen LogP contribution in [0, 0.1) is 5.92 Å². The lowest BCUT2D eigenvalue weighted by molar-refractivity contribution is -0.274. The molecule has 0 aromatic heterocycles. The minimum atomic E-state index is -4.68. The van der Waals surface area contributed by atoms with Crippen LogP contribution in [0.25, 0.3) is 0 Å². The van der Waals surface area contributed by atoms with E-state index in [1.54, 1.807) is 12.1 Å². The lowest BCUT2D eigenvalue weighted by Gasteiger charge is -2.33. The molecular formula is C22H26F3NO3. The van der Waals surface area contributed by atoms with Crippen LogP contribution in [0.1, 0.15) is 32.1 Å². The third-order valence-electron chi connectivity index (χ3n) is 5.16. The Kier molecular flexibility index (Phi) is 7.12. The molecule has 1 N–H and O–H groups in total. The molecule has 1 heterocycles. The van der Waals surface area contributed by atoms with Crippen molar-refractivity contribution < 1.29 is 27.8 Å². The van der Waals surface area contributed by atoms with E-state index in [0.717, 1.165) is 50.9 Å². The highest BCUT2D eigenvalue weighted by atomic mass is 19.4. The van der Waals surface area contributed by atoms with E-state index < -0.39 is 6.36 Å². The molecule has 2 aromatic rings. The molecular weight excluding hydrogens is 383 g/mol. The predicted octanol–water partition coefficient (Wildman–Crippen LogP) is 5.76. The number of unbranched alkanes of at least 4 members (excludes halogenated alkanes) is 1. The zero-order valence-electron chi connectivity index (χ0n) is 16.2. The Bertz CT molecular complexity index is 739. The van der Waals surface area contributed by atoms with E-state index in [1.165, 1.54) is 24.3 Å². The van der Waals surface area contributed by atoms with E-state index in [0.29, 0.717) is 18.3 Å². The third kappa shape index (κ3) is 7.07. The van der Waals surface area contributed by atoms with E-state index in [-0.39, 0.29) is 11.5 Å². The van der Waals surface area contributed by atoms with Gasteiger partial charge in [-0.15, -0.1) is 13.2 Å². The smallest absolute Gasteiger partial charge is 0.508 e. The van der Waals surface area contributed by atoms with E-state index in [2.05, 4.69) is 9.64 Å². The van der Waals surface area contributed by atoms with Gasteiger partial charge in [0.05, 0.1) is 6.61 Å². The topological polar surface area (TPSA) is 41.9 Å². The van der Waals surface area contributed by atoms with Crippen molar-refractivity contribution in [3.05, 3.63) is 48.5 Å². The monoisotopic (exact) mass is 409 g/mol. The third-order valence-corrected chi connectivity index (χ3v) is 5.16. The molecule has 1 saturated heterocycles. The van der Waals surface area contributed by atoms with Gasteiger partial charge in [0.2, 0.25) is 0 Å². The van der Waals surface area contributed by atoms with Crippen LogP contribution in [0.4, 0.5) is 18.9 Å². The fourth-order valence-corrected chi connectivity index (χ4v) is 3.61. The van der Waals surface area contributed by atoms with Crippen molar-refractivity contribution in [2.75, 3.05) is 24.6 Å². The van der Waals surface area contributed by atoms with Gasteiger partial charge in [-0.3, -0.25) is 0 Å². The molecule has 0 bridgehead atoms. The second kappa shape index (κ2) is 9.76. The Morgan fingerprint density at radius 3 is 2.14 bits per heavy atom. The molecule has 0 amide bonds. The van der Waals surface area contributed by atoms with E-state index in [9.17, 15) is 18.3 Å². The molecule has 1 aliphatic heterocycles. The number of phenols is 1. The fourth-order valence-electron chi connectivity index (χ4n) is 3.61. The number of anilines is 1. The molecule has 2 aromatic carbocycles. The van der Waals surface area contributed by atoms with Crippen LogP contribution in [0.15, 0.2) is 48.5 Å². The molecule has 0 saturated carbocycles. The van der Waals surface area contributed by atoms with Gasteiger partial charge in [-0.25, -0.2) is 0 Å². The van der Waals surface area contributed by atoms with E-state index in [4.69, 9.17) is 4.74 Å². The van der Waals surface area contributed by atoms with Crippen molar-refractivity contribution in [3.8, 4) is 17.2 Å². The lowest BCUT2D eigenvalue weighted by atomic mass is 9.91. The number of alkyl halides is 3. The zero-order chi connectivity index (χ0) is 20.7. The van der Waals surface area contributed by atoms with Gasteiger partial charge in [0.15, 0.2) is 0 Å². The van der Waals surface area contributed by atoms with Gasteiger partial charge in [0, 0.05) is 18.8 Å². The first-order chi connectivity index (χ1) is 13.9. The Morgan fingerprint density at radius 1 is 0.897 bits per heavy atom. The first-order valence-electron chi connectivity index (χ1n) is 9.92. The van der Waals surface area contributed by atoms with Crippen molar-refractivity contribution in [2.45, 2.75) is 38.5 Å². The van der Waals surface area contributed by atoms with E-state index >= 15 is 0 Å². The minimum absolute atomic E-state index is 0.247. The van der Waals surface area contributed by atoms with Gasteiger partial charge in [-0.2, -0.15) is 0 Å². The second-order valence-corrected chi connectivity index (χ2v) is 7.31. The average Bonchev–Trinajstić information content (AvgIpc) is 2.69. The highest BCUT2D eigenvalue weighted by Crippen LogP contribution is 2.28. The Balaban J connectivity index is 1.29. The predicted molar refractivity (Wildman–Crippen MR) is 106 cm³/mol. The van der Waals surface area contributed by atoms with Crippen molar-refractivity contribution in [2.24, 2.45) is 5.92 Å². The second-order valence-electron chi connectivity index (χ2n) is 7.31. The number of ether oxygens (including phenoxy) is 2. The molecule has 1 fully saturated rings. The molecule has 0 radical (unpaired) electrons. The molecule has 4 nitrogen and oxygen atoms in total. The van der Waals surface area contributed by atoms with Crippen molar-refractivity contribution in [1.29, 1.82) is 0 Å². The van der Waals surface area contributed by atoms with Crippen LogP contribution in [-0.2, 0) is 0 Å². The van der Waals surface area contributed by atoms with Gasteiger partial charge in [-0.05, 0) is 80.1 Å². The first kappa shape index (κ1) is 21.1. The highest BCUT2D eigenvalue weighted by molar-refractivity contribution is 5.49. The number of halogens is 3. The van der Waals surface area contributed by atoms with Gasteiger partial charge < -0.3 is 19.5 Å². The average molecular weight is 409 g/mol. The van der Waals surface area contributed by atoms with Crippen molar-refractivity contribution >= 4 is 5.69 Å². The number of nitrogens with zero attached hydrogens (tertiary/aromatic N) is 1. The van der Waals surface area contributed by atoms with Crippen molar-refractivity contribution in [3.63, 3.8) is 0 Å². The lowest BCUT2D eigenvalue weighted by Crippen LogP contribution is -2.33. The Labute approximate surface area is 168 Å². The van der Waals surface area contributed by atoms with Crippen LogP contribution in [-0.4, -0.2) is 31.2 Å². The SMILES string of the molecule is Oc1ccc(N2CCC(CCCCOc3ccc(OC(F)(F)F)cc3)CC2)cc1. The summed E-state index contributed by atoms with van der Waals surface area (Å²) in [5.41, 5.74) is 1.15. The molecule has 0 unspecified atom stereocenters. The number of phenolic OH excluding ortho intramolecular Hbond substituents is 1. The van der Waals surface area contributed by atoms with E-state index in [1.807, 2.05) is 12.1 Å². The normalized spacial score (nSPS) is 15.3. The quantitative estimate of drug-likeness (QED) is 0.563. The molecule has 3 rings (SSSR count). The fraction of sp³-hybridized carbons (Fsp3) is 0.455. The van der Waals surface area contributed by atoms with Crippen LogP contribution in [0.5, 0.6) is 17.2 Å². The van der Waals surface area contributed by atoms with Crippen LogP contribution >= 0.6 is 0 Å². The highest BCUT2D eigenvalue weighted by Gasteiger charge is 2.31. The molecule has 29 heavy (non-hydrogen) atoms. The van der Waals surface area contributed by atoms with Gasteiger partial charge in [0.1, 0.15) is 17.2 Å².